The molecule has 258 valence electrons. The summed E-state index contributed by atoms with van der Waals surface area (Å²) in [6.07, 6.45) is 0.449. The van der Waals surface area contributed by atoms with Crippen molar-refractivity contribution in [2.45, 2.75) is 55.9 Å². The summed E-state index contributed by atoms with van der Waals surface area (Å²) in [6, 6.07) is 5.41. The van der Waals surface area contributed by atoms with Gasteiger partial charge in [0.25, 0.3) is 5.91 Å². The van der Waals surface area contributed by atoms with Crippen LogP contribution in [0, 0.1) is 29.0 Å². The summed E-state index contributed by atoms with van der Waals surface area (Å²) in [7, 11) is -2.56. The third-order valence-corrected chi connectivity index (χ3v) is 10.6. The molecule has 10 nitrogen and oxygen atoms in total. The van der Waals surface area contributed by atoms with Crippen LogP contribution in [0.4, 0.5) is 23.2 Å². The summed E-state index contributed by atoms with van der Waals surface area (Å²) in [4.78, 5) is 19.8. The molecule has 15 heteroatoms. The highest BCUT2D eigenvalue weighted by molar-refractivity contribution is 7.90. The highest BCUT2D eigenvalue weighted by Gasteiger charge is 2.52. The molecule has 3 aliphatic rings. The molecule has 3 aromatic rings. The number of amides is 1. The second kappa shape index (κ2) is 12.9. The van der Waals surface area contributed by atoms with Gasteiger partial charge in [0.1, 0.15) is 28.5 Å². The van der Waals surface area contributed by atoms with Crippen LogP contribution in [0.15, 0.2) is 35.5 Å². The maximum Gasteiger partial charge on any atom is 0.406 e. The molecule has 6 rings (SSSR count). The van der Waals surface area contributed by atoms with E-state index in [9.17, 15) is 30.8 Å². The van der Waals surface area contributed by atoms with Crippen molar-refractivity contribution in [1.82, 2.24) is 19.8 Å². The highest BCUT2D eigenvalue weighted by atomic mass is 32.2. The maximum atomic E-state index is 14.3. The zero-order chi connectivity index (χ0) is 34.4. The Morgan fingerprint density at radius 3 is 2.58 bits per heavy atom. The predicted octanol–water partition coefficient (Wildman–Crippen LogP) is 4.23. The van der Waals surface area contributed by atoms with Crippen LogP contribution in [0.2, 0.25) is 0 Å². The number of hydrogen-bond acceptors (Lipinski definition) is 8. The van der Waals surface area contributed by atoms with Gasteiger partial charge >= 0.3 is 6.18 Å². The van der Waals surface area contributed by atoms with E-state index in [0.29, 0.717) is 11.5 Å². The third-order valence-electron chi connectivity index (χ3n) is 9.50. The number of rotatable bonds is 8. The molecule has 1 aromatic heterocycles. The summed E-state index contributed by atoms with van der Waals surface area (Å²) < 4.78 is 90.0. The van der Waals surface area contributed by atoms with E-state index in [2.05, 4.69) is 39.3 Å². The molecule has 2 saturated heterocycles. The molecule has 3 fully saturated rings. The number of ether oxygens (including phenoxy) is 2. The number of fused-ring (bicyclic) bond motifs is 1. The monoisotopic (exact) mass is 691 g/mol. The van der Waals surface area contributed by atoms with E-state index < -0.39 is 39.2 Å². The second-order valence-corrected chi connectivity index (χ2v) is 15.2. The van der Waals surface area contributed by atoms with Gasteiger partial charge in [-0.2, -0.15) is 13.2 Å². The Labute approximate surface area is 276 Å². The Hall–Kier alpha value is -3.87. The average Bonchev–Trinajstić information content (AvgIpc) is 3.35. The summed E-state index contributed by atoms with van der Waals surface area (Å²) in [5.74, 6) is 4.53. The van der Waals surface area contributed by atoms with Gasteiger partial charge in [-0.1, -0.05) is 18.8 Å². The first-order valence-electron chi connectivity index (χ1n) is 15.6. The van der Waals surface area contributed by atoms with E-state index in [4.69, 9.17) is 9.47 Å². The number of nitrogens with zero attached hydrogens (tertiary/aromatic N) is 3. The SMILES string of the molecule is COc1cc(F)c(S(C)(=O)=O)cc1NCC#Cc1cc(C(=O)N[C@H]2CCN(C3CC4(COC4)C3)C[C@@H]2C)c2ncn(CC(F)(F)F)c2c1. The number of aromatic nitrogens is 2. The molecule has 2 aliphatic heterocycles. The van der Waals surface area contributed by atoms with Crippen LogP contribution in [0.1, 0.15) is 42.1 Å². The standard InChI is InChI=1S/C33H37F4N5O5S/c1-20-15-41(22-13-32(14-22)17-47-18-32)8-6-25(20)40-31(43)23-9-21(10-27-30(23)39-19-42(27)16-33(35,36)37)5-4-7-38-26-12-29(48(3,44)45)24(34)11-28(26)46-2/h9-12,19-20,22,25,38H,6-8,13-18H2,1-3H3,(H,40,43)/t20-,25-/m0/s1. The van der Waals surface area contributed by atoms with Crippen molar-refractivity contribution in [1.29, 1.82) is 0 Å². The molecule has 1 spiro atoms. The minimum absolute atomic E-state index is 0.0577. The number of likely N-dealkylation sites (tertiary alicyclic amines) is 1. The Balaban J connectivity index is 1.20. The van der Waals surface area contributed by atoms with E-state index in [0.717, 1.165) is 74.8 Å². The number of sulfone groups is 1. The minimum atomic E-state index is -4.52. The van der Waals surface area contributed by atoms with Crippen molar-refractivity contribution in [3.8, 4) is 17.6 Å². The number of imidazole rings is 1. The van der Waals surface area contributed by atoms with E-state index in [1.54, 1.807) is 0 Å². The number of carbonyl (C=O) groups is 1. The molecular formula is C33H37F4N5O5S. The molecule has 2 atom stereocenters. The highest BCUT2D eigenvalue weighted by Crippen LogP contribution is 2.49. The molecule has 2 aromatic carbocycles. The van der Waals surface area contributed by atoms with Crippen molar-refractivity contribution >= 4 is 32.5 Å². The van der Waals surface area contributed by atoms with Crippen molar-refractivity contribution in [3.63, 3.8) is 0 Å². The Morgan fingerprint density at radius 2 is 1.96 bits per heavy atom. The Morgan fingerprint density at radius 1 is 1.21 bits per heavy atom. The van der Waals surface area contributed by atoms with Crippen LogP contribution < -0.4 is 15.4 Å². The molecule has 0 bridgehead atoms. The quantitative estimate of drug-likeness (QED) is 0.267. The van der Waals surface area contributed by atoms with Crippen molar-refractivity contribution in [3.05, 3.63) is 47.5 Å². The van der Waals surface area contributed by atoms with Crippen molar-refractivity contribution < 1.29 is 40.2 Å². The lowest BCUT2D eigenvalue weighted by Crippen LogP contribution is -2.62. The van der Waals surface area contributed by atoms with Gasteiger partial charge in [0.2, 0.25) is 0 Å². The van der Waals surface area contributed by atoms with E-state index >= 15 is 0 Å². The number of nitrogens with one attached hydrogen (secondary N) is 2. The molecule has 48 heavy (non-hydrogen) atoms. The van der Waals surface area contributed by atoms with E-state index in [1.165, 1.54) is 19.2 Å². The normalized spacial score (nSPS) is 21.2. The summed E-state index contributed by atoms with van der Waals surface area (Å²) in [5, 5.41) is 6.00. The topological polar surface area (TPSA) is 115 Å². The predicted molar refractivity (Wildman–Crippen MR) is 170 cm³/mol. The number of alkyl halides is 3. The largest absolute Gasteiger partial charge is 0.494 e. The number of benzene rings is 2. The summed E-state index contributed by atoms with van der Waals surface area (Å²) >= 11 is 0. The Kier molecular flexibility index (Phi) is 9.12. The zero-order valence-electron chi connectivity index (χ0n) is 26.8. The minimum Gasteiger partial charge on any atom is -0.494 e. The Bertz CT molecular complexity index is 1890. The second-order valence-electron chi connectivity index (χ2n) is 13.2. The lowest BCUT2D eigenvalue weighted by atomic mass is 9.63. The number of halogens is 4. The zero-order valence-corrected chi connectivity index (χ0v) is 27.6. The molecule has 3 heterocycles. The number of piperidine rings is 1. The molecule has 2 N–H and O–H groups in total. The van der Waals surface area contributed by atoms with Crippen molar-refractivity contribution in [2.24, 2.45) is 11.3 Å². The van der Waals surface area contributed by atoms with Crippen LogP contribution in [0.25, 0.3) is 11.0 Å². The lowest BCUT2D eigenvalue weighted by molar-refractivity contribution is -0.187. The number of anilines is 1. The van der Waals surface area contributed by atoms with Crippen LogP contribution in [0.3, 0.4) is 0 Å². The first-order chi connectivity index (χ1) is 22.6. The fourth-order valence-electron chi connectivity index (χ4n) is 6.93. The summed E-state index contributed by atoms with van der Waals surface area (Å²) in [6.45, 7) is 4.11. The van der Waals surface area contributed by atoms with Crippen LogP contribution in [-0.2, 0) is 21.1 Å². The van der Waals surface area contributed by atoms with Crippen LogP contribution >= 0.6 is 0 Å². The number of carbonyl (C=O) groups excluding carboxylic acids is 1. The fraction of sp³-hybridized carbons (Fsp3) is 0.515. The molecule has 0 radical (unpaired) electrons. The first kappa shape index (κ1) is 34.0. The molecule has 1 saturated carbocycles. The van der Waals surface area contributed by atoms with Gasteiger partial charge in [-0.25, -0.2) is 17.8 Å². The number of methoxy groups -OCH3 is 1. The maximum absolute atomic E-state index is 14.3. The van der Waals surface area contributed by atoms with Gasteiger partial charge < -0.3 is 24.7 Å². The summed E-state index contributed by atoms with van der Waals surface area (Å²) in [5.41, 5.74) is 1.18. The van der Waals surface area contributed by atoms with Gasteiger partial charge in [0.15, 0.2) is 9.84 Å². The van der Waals surface area contributed by atoms with E-state index in [1.807, 2.05) is 0 Å². The van der Waals surface area contributed by atoms with Gasteiger partial charge in [-0.3, -0.25) is 9.69 Å². The van der Waals surface area contributed by atoms with Crippen molar-refractivity contribution in [2.75, 3.05) is 51.5 Å². The molecule has 1 aliphatic carbocycles. The van der Waals surface area contributed by atoms with Gasteiger partial charge in [-0.05, 0) is 43.4 Å². The van der Waals surface area contributed by atoms with Gasteiger partial charge in [0.05, 0.1) is 50.0 Å². The average molecular weight is 692 g/mol. The van der Waals surface area contributed by atoms with Crippen LogP contribution in [0.5, 0.6) is 5.75 Å². The number of hydrogen-bond donors (Lipinski definition) is 2. The smallest absolute Gasteiger partial charge is 0.406 e. The molecule has 0 unspecified atom stereocenters. The lowest BCUT2D eigenvalue weighted by Gasteiger charge is -2.57. The fourth-order valence-corrected chi connectivity index (χ4v) is 7.68. The third kappa shape index (κ3) is 7.11. The molecule has 1 amide bonds. The molecular weight excluding hydrogens is 654 g/mol. The van der Waals surface area contributed by atoms with E-state index in [-0.39, 0.29) is 52.1 Å². The van der Waals surface area contributed by atoms with Gasteiger partial charge in [-0.15, -0.1) is 0 Å². The van der Waals surface area contributed by atoms with Crippen LogP contribution in [-0.4, -0.2) is 93.2 Å². The van der Waals surface area contributed by atoms with Gasteiger partial charge in [0, 0.05) is 48.5 Å². The first-order valence-corrected chi connectivity index (χ1v) is 17.5.